The Morgan fingerprint density at radius 3 is 3.20 bits per heavy atom. The first-order chi connectivity index (χ1) is 7.36. The molecule has 1 atom stereocenters. The molecule has 0 radical (unpaired) electrons. The summed E-state index contributed by atoms with van der Waals surface area (Å²) >= 11 is 1.71. The van der Waals surface area contributed by atoms with E-state index in [9.17, 15) is 0 Å². The molecule has 0 N–H and O–H groups in total. The fraction of sp³-hybridized carbons (Fsp3) is 0.333. The summed E-state index contributed by atoms with van der Waals surface area (Å²) in [6, 6.07) is 4.12. The fourth-order valence-corrected chi connectivity index (χ4v) is 2.57. The van der Waals surface area contributed by atoms with E-state index in [2.05, 4.69) is 17.5 Å². The van der Waals surface area contributed by atoms with Crippen LogP contribution in [-0.2, 0) is 9.47 Å². The highest BCUT2D eigenvalue weighted by Gasteiger charge is 2.38. The van der Waals surface area contributed by atoms with Crippen molar-refractivity contribution in [2.75, 3.05) is 6.61 Å². The van der Waals surface area contributed by atoms with Crippen LogP contribution in [0.3, 0.4) is 0 Å². The molecule has 1 aromatic rings. The van der Waals surface area contributed by atoms with Crippen molar-refractivity contribution in [1.29, 1.82) is 0 Å². The zero-order valence-electron chi connectivity index (χ0n) is 8.31. The molecule has 1 spiro atoms. The maximum absolute atomic E-state index is 5.82. The van der Waals surface area contributed by atoms with Gasteiger partial charge in [0.05, 0.1) is 6.61 Å². The molecule has 0 bridgehead atoms. The Morgan fingerprint density at radius 2 is 2.47 bits per heavy atom. The first kappa shape index (κ1) is 9.19. The standard InChI is InChI=1S/C12H12O2S/c1-3-11(15-8-1)9-10-4-6-12(14-10)5-2-7-13-12/h1,3-4,6,8-9H,2,5,7H2/b10-9-. The van der Waals surface area contributed by atoms with Crippen LogP contribution in [0.5, 0.6) is 0 Å². The molecule has 0 saturated carbocycles. The van der Waals surface area contributed by atoms with Gasteiger partial charge in [0.25, 0.3) is 0 Å². The molecule has 78 valence electrons. The molecule has 1 aromatic heterocycles. The molecule has 2 nitrogen and oxygen atoms in total. The van der Waals surface area contributed by atoms with Gasteiger partial charge in [0.15, 0.2) is 0 Å². The largest absolute Gasteiger partial charge is 0.459 e. The molecule has 15 heavy (non-hydrogen) atoms. The van der Waals surface area contributed by atoms with Crippen molar-refractivity contribution in [3.05, 3.63) is 40.3 Å². The van der Waals surface area contributed by atoms with Crippen molar-refractivity contribution in [3.8, 4) is 0 Å². The summed E-state index contributed by atoms with van der Waals surface area (Å²) in [4.78, 5) is 1.21. The Hall–Kier alpha value is -1.06. The van der Waals surface area contributed by atoms with Crippen molar-refractivity contribution in [2.24, 2.45) is 0 Å². The third-order valence-electron chi connectivity index (χ3n) is 2.64. The van der Waals surface area contributed by atoms with E-state index in [4.69, 9.17) is 9.47 Å². The average molecular weight is 220 g/mol. The third kappa shape index (κ3) is 1.73. The predicted octanol–water partition coefficient (Wildman–Crippen LogP) is 3.18. The summed E-state index contributed by atoms with van der Waals surface area (Å²) in [6.45, 7) is 0.802. The predicted molar refractivity (Wildman–Crippen MR) is 60.4 cm³/mol. The lowest BCUT2D eigenvalue weighted by Gasteiger charge is -2.20. The van der Waals surface area contributed by atoms with E-state index in [0.29, 0.717) is 0 Å². The zero-order chi connectivity index (χ0) is 10.1. The van der Waals surface area contributed by atoms with E-state index in [1.807, 2.05) is 18.2 Å². The van der Waals surface area contributed by atoms with Gasteiger partial charge in [-0.1, -0.05) is 6.07 Å². The minimum atomic E-state index is -0.441. The smallest absolute Gasteiger partial charge is 0.230 e. The van der Waals surface area contributed by atoms with Crippen molar-refractivity contribution < 1.29 is 9.47 Å². The quantitative estimate of drug-likeness (QED) is 0.723. The highest BCUT2D eigenvalue weighted by molar-refractivity contribution is 7.10. The van der Waals surface area contributed by atoms with Gasteiger partial charge in [-0.15, -0.1) is 11.3 Å². The number of hydrogen-bond acceptors (Lipinski definition) is 3. The molecule has 3 heterocycles. The van der Waals surface area contributed by atoms with E-state index in [1.54, 1.807) is 11.3 Å². The van der Waals surface area contributed by atoms with Crippen LogP contribution >= 0.6 is 11.3 Å². The Labute approximate surface area is 92.8 Å². The van der Waals surface area contributed by atoms with Gasteiger partial charge in [-0.3, -0.25) is 0 Å². The lowest BCUT2D eigenvalue weighted by Crippen LogP contribution is -2.24. The summed E-state index contributed by atoms with van der Waals surface area (Å²) < 4.78 is 11.4. The maximum atomic E-state index is 5.82. The van der Waals surface area contributed by atoms with E-state index in [-0.39, 0.29) is 0 Å². The van der Waals surface area contributed by atoms with Gasteiger partial charge in [-0.25, -0.2) is 0 Å². The lowest BCUT2D eigenvalue weighted by atomic mass is 10.2. The van der Waals surface area contributed by atoms with E-state index in [0.717, 1.165) is 25.2 Å². The first-order valence-corrected chi connectivity index (χ1v) is 6.02. The molecule has 1 saturated heterocycles. The van der Waals surface area contributed by atoms with Gasteiger partial charge >= 0.3 is 0 Å². The molecule has 3 heteroatoms. The monoisotopic (exact) mass is 220 g/mol. The molecular weight excluding hydrogens is 208 g/mol. The molecule has 0 amide bonds. The first-order valence-electron chi connectivity index (χ1n) is 5.14. The SMILES string of the molecule is C1=CC2(CCCO2)O/C1=C\c1cccs1. The number of allylic oxidation sites excluding steroid dienone is 1. The topological polar surface area (TPSA) is 18.5 Å². The molecule has 2 aliphatic heterocycles. The summed E-state index contributed by atoms with van der Waals surface area (Å²) in [5.74, 6) is 0.461. The molecule has 1 fully saturated rings. The summed E-state index contributed by atoms with van der Waals surface area (Å²) in [6.07, 6.45) is 8.13. The second-order valence-corrected chi connectivity index (χ2v) is 4.74. The molecule has 3 rings (SSSR count). The fourth-order valence-electron chi connectivity index (χ4n) is 1.92. The molecule has 0 aliphatic carbocycles. The van der Waals surface area contributed by atoms with Crippen molar-refractivity contribution >= 4 is 17.4 Å². The molecule has 0 aromatic carbocycles. The van der Waals surface area contributed by atoms with Gasteiger partial charge < -0.3 is 9.47 Å². The van der Waals surface area contributed by atoms with Crippen LogP contribution in [0.25, 0.3) is 6.08 Å². The number of ether oxygens (including phenoxy) is 2. The molecule has 2 aliphatic rings. The normalized spacial score (nSPS) is 31.6. The Balaban J connectivity index is 1.79. The highest BCUT2D eigenvalue weighted by Crippen LogP contribution is 2.36. The number of hydrogen-bond donors (Lipinski definition) is 0. The Morgan fingerprint density at radius 1 is 1.47 bits per heavy atom. The molecule has 1 unspecified atom stereocenters. The van der Waals surface area contributed by atoms with Gasteiger partial charge in [-0.05, 0) is 36.1 Å². The second kappa shape index (κ2) is 3.51. The van der Waals surface area contributed by atoms with Gasteiger partial charge in [0.2, 0.25) is 5.79 Å². The van der Waals surface area contributed by atoms with Crippen molar-refractivity contribution in [2.45, 2.75) is 18.6 Å². The van der Waals surface area contributed by atoms with Crippen LogP contribution in [0.1, 0.15) is 17.7 Å². The Kier molecular flexibility index (Phi) is 2.15. The van der Waals surface area contributed by atoms with Crippen LogP contribution in [-0.4, -0.2) is 12.4 Å². The summed E-state index contributed by atoms with van der Waals surface area (Å²) in [7, 11) is 0. The van der Waals surface area contributed by atoms with Crippen LogP contribution in [0.4, 0.5) is 0 Å². The summed E-state index contributed by atoms with van der Waals surface area (Å²) in [5.41, 5.74) is 0. The van der Waals surface area contributed by atoms with Gasteiger partial charge in [-0.2, -0.15) is 0 Å². The van der Waals surface area contributed by atoms with Crippen molar-refractivity contribution in [3.63, 3.8) is 0 Å². The van der Waals surface area contributed by atoms with E-state index in [1.165, 1.54) is 4.88 Å². The third-order valence-corrected chi connectivity index (χ3v) is 3.46. The minimum absolute atomic E-state index is 0.441. The van der Waals surface area contributed by atoms with Gasteiger partial charge in [0, 0.05) is 11.3 Å². The van der Waals surface area contributed by atoms with Crippen LogP contribution in [0.2, 0.25) is 0 Å². The maximum Gasteiger partial charge on any atom is 0.230 e. The lowest BCUT2D eigenvalue weighted by molar-refractivity contribution is -0.135. The average Bonchev–Trinajstić information content (AvgIpc) is 2.92. The zero-order valence-corrected chi connectivity index (χ0v) is 9.13. The van der Waals surface area contributed by atoms with Crippen LogP contribution in [0, 0.1) is 0 Å². The number of rotatable bonds is 1. The van der Waals surface area contributed by atoms with E-state index < -0.39 is 5.79 Å². The van der Waals surface area contributed by atoms with Crippen LogP contribution < -0.4 is 0 Å². The van der Waals surface area contributed by atoms with Gasteiger partial charge in [0.1, 0.15) is 5.76 Å². The highest BCUT2D eigenvalue weighted by atomic mass is 32.1. The summed E-state index contributed by atoms with van der Waals surface area (Å²) in [5, 5.41) is 2.06. The number of thiophene rings is 1. The second-order valence-electron chi connectivity index (χ2n) is 3.76. The van der Waals surface area contributed by atoms with E-state index >= 15 is 0 Å². The molecular formula is C12H12O2S. The van der Waals surface area contributed by atoms with Crippen molar-refractivity contribution in [1.82, 2.24) is 0 Å². The Bertz CT molecular complexity index is 397. The minimum Gasteiger partial charge on any atom is -0.459 e. The van der Waals surface area contributed by atoms with Crippen LogP contribution in [0.15, 0.2) is 35.4 Å².